The number of nitrogens with one attached hydrogen (secondary N) is 1. The minimum atomic E-state index is -1.13. The molecule has 1 amide bonds. The van der Waals surface area contributed by atoms with Gasteiger partial charge in [0.25, 0.3) is 0 Å². The first-order chi connectivity index (χ1) is 10.3. The number of phenols is 1. The molecule has 0 bridgehead atoms. The number of aromatic hydroxyl groups is 1. The second kappa shape index (κ2) is 8.43. The van der Waals surface area contributed by atoms with E-state index in [0.29, 0.717) is 11.3 Å². The maximum Gasteiger partial charge on any atom is 0.326 e. The average molecular weight is 325 g/mol. The normalized spacial score (nSPS) is 13.2. The Labute approximate surface area is 132 Å². The van der Waals surface area contributed by atoms with E-state index >= 15 is 0 Å². The summed E-state index contributed by atoms with van der Waals surface area (Å²) in [6, 6.07) is 5.07. The smallest absolute Gasteiger partial charge is 0.326 e. The third-order valence-electron chi connectivity index (χ3n) is 2.97. The molecule has 1 rings (SSSR count). The van der Waals surface area contributed by atoms with Crippen molar-refractivity contribution in [2.24, 2.45) is 5.92 Å². The number of benzene rings is 1. The number of thioether (sulfide) groups is 1. The zero-order chi connectivity index (χ0) is 16.7. The number of carbonyl (C=O) groups excluding carboxylic acids is 2. The highest BCUT2D eigenvalue weighted by molar-refractivity contribution is 8.13. The van der Waals surface area contributed by atoms with E-state index in [1.165, 1.54) is 19.1 Å². The Balaban J connectivity index is 2.63. The Morgan fingerprint density at radius 2 is 1.82 bits per heavy atom. The molecule has 0 saturated heterocycles. The van der Waals surface area contributed by atoms with E-state index in [2.05, 4.69) is 5.32 Å². The van der Waals surface area contributed by atoms with Gasteiger partial charge in [-0.15, -0.1) is 0 Å². The zero-order valence-corrected chi connectivity index (χ0v) is 13.2. The molecular formula is C15H19NO5S. The maximum atomic E-state index is 12.0. The molecule has 1 aromatic carbocycles. The maximum absolute atomic E-state index is 12.0. The van der Waals surface area contributed by atoms with Crippen LogP contribution in [0.2, 0.25) is 0 Å². The molecule has 1 aromatic rings. The number of carbonyl (C=O) groups is 3. The van der Waals surface area contributed by atoms with Gasteiger partial charge in [-0.05, 0) is 17.7 Å². The molecule has 120 valence electrons. The summed E-state index contributed by atoms with van der Waals surface area (Å²) in [5.41, 5.74) is 0.691. The summed E-state index contributed by atoms with van der Waals surface area (Å²) in [7, 11) is 0. The van der Waals surface area contributed by atoms with Crippen LogP contribution < -0.4 is 5.32 Å². The fraction of sp³-hybridized carbons (Fsp3) is 0.400. The second-order valence-corrected chi connectivity index (χ2v) is 6.17. The van der Waals surface area contributed by atoms with Crippen LogP contribution in [0.1, 0.15) is 19.4 Å². The highest BCUT2D eigenvalue weighted by Crippen LogP contribution is 2.13. The van der Waals surface area contributed by atoms with Gasteiger partial charge in [-0.25, -0.2) is 4.79 Å². The Morgan fingerprint density at radius 3 is 2.32 bits per heavy atom. The lowest BCUT2D eigenvalue weighted by Gasteiger charge is -2.17. The Morgan fingerprint density at radius 1 is 1.23 bits per heavy atom. The Kier molecular flexibility index (Phi) is 6.91. The molecule has 2 atom stereocenters. The summed E-state index contributed by atoms with van der Waals surface area (Å²) in [4.78, 5) is 34.1. The van der Waals surface area contributed by atoms with Crippen molar-refractivity contribution < 1.29 is 24.6 Å². The summed E-state index contributed by atoms with van der Waals surface area (Å²) >= 11 is 1.03. The predicted octanol–water partition coefficient (Wildman–Crippen LogP) is 1.42. The Bertz CT molecular complexity index is 543. The third-order valence-corrected chi connectivity index (χ3v) is 4.05. The molecule has 0 aromatic heterocycles. The molecule has 7 heteroatoms. The molecule has 0 aliphatic rings. The van der Waals surface area contributed by atoms with Crippen LogP contribution in [0.5, 0.6) is 5.75 Å². The van der Waals surface area contributed by atoms with E-state index in [1.807, 2.05) is 0 Å². The summed E-state index contributed by atoms with van der Waals surface area (Å²) in [6.07, 6.45) is 0.119. The van der Waals surface area contributed by atoms with E-state index in [1.54, 1.807) is 19.1 Å². The molecule has 3 N–H and O–H groups in total. The summed E-state index contributed by atoms with van der Waals surface area (Å²) < 4.78 is 0. The Hall–Kier alpha value is -2.02. The SMILES string of the molecule is CC(=O)SCC(C)C(=O)N[C@@H](Cc1ccc(O)cc1)C(=O)O. The van der Waals surface area contributed by atoms with Crippen molar-refractivity contribution in [3.8, 4) is 5.75 Å². The standard InChI is InChI=1S/C15H19NO5S/c1-9(8-22-10(2)17)14(19)16-13(15(20)21)7-11-3-5-12(18)6-4-11/h3-6,9,13,18H,7-8H2,1-2H3,(H,16,19)(H,20,21)/t9?,13-/m0/s1. The molecule has 0 aliphatic heterocycles. The average Bonchev–Trinajstić information content (AvgIpc) is 2.45. The van der Waals surface area contributed by atoms with Crippen LogP contribution in [0.4, 0.5) is 0 Å². The van der Waals surface area contributed by atoms with Crippen molar-refractivity contribution >= 4 is 28.8 Å². The highest BCUT2D eigenvalue weighted by Gasteiger charge is 2.23. The van der Waals surface area contributed by atoms with E-state index in [9.17, 15) is 24.6 Å². The number of carboxylic acid groups (broad SMARTS) is 1. The van der Waals surface area contributed by atoms with Crippen LogP contribution in [-0.2, 0) is 20.8 Å². The molecule has 0 saturated carbocycles. The van der Waals surface area contributed by atoms with Crippen molar-refractivity contribution in [1.82, 2.24) is 5.32 Å². The number of carboxylic acids is 1. The molecule has 1 unspecified atom stereocenters. The molecule has 0 fully saturated rings. The molecule has 0 radical (unpaired) electrons. The van der Waals surface area contributed by atoms with E-state index in [4.69, 9.17) is 0 Å². The highest BCUT2D eigenvalue weighted by atomic mass is 32.2. The molecule has 6 nitrogen and oxygen atoms in total. The largest absolute Gasteiger partial charge is 0.508 e. The van der Waals surface area contributed by atoms with Crippen molar-refractivity contribution in [3.63, 3.8) is 0 Å². The van der Waals surface area contributed by atoms with Crippen molar-refractivity contribution in [2.75, 3.05) is 5.75 Å². The van der Waals surface area contributed by atoms with E-state index in [-0.39, 0.29) is 17.3 Å². The van der Waals surface area contributed by atoms with E-state index < -0.39 is 23.8 Å². The molecule has 0 heterocycles. The van der Waals surface area contributed by atoms with Crippen LogP contribution in [-0.4, -0.2) is 39.0 Å². The lowest BCUT2D eigenvalue weighted by molar-refractivity contribution is -0.142. The third kappa shape index (κ3) is 6.17. The molecule has 22 heavy (non-hydrogen) atoms. The first-order valence-electron chi connectivity index (χ1n) is 6.74. The van der Waals surface area contributed by atoms with Crippen LogP contribution in [0, 0.1) is 5.92 Å². The zero-order valence-electron chi connectivity index (χ0n) is 12.4. The quantitative estimate of drug-likeness (QED) is 0.700. The van der Waals surface area contributed by atoms with Crippen LogP contribution in [0.3, 0.4) is 0 Å². The van der Waals surface area contributed by atoms with E-state index in [0.717, 1.165) is 11.8 Å². The fourth-order valence-electron chi connectivity index (χ4n) is 1.70. The molecular weight excluding hydrogens is 306 g/mol. The van der Waals surface area contributed by atoms with Gasteiger partial charge in [-0.3, -0.25) is 9.59 Å². The minimum Gasteiger partial charge on any atom is -0.508 e. The first-order valence-corrected chi connectivity index (χ1v) is 7.72. The minimum absolute atomic E-state index is 0.0847. The van der Waals surface area contributed by atoms with Gasteiger partial charge in [0.2, 0.25) is 5.91 Å². The first kappa shape index (κ1) is 18.0. The molecule has 0 aliphatic carbocycles. The van der Waals surface area contributed by atoms with Crippen LogP contribution >= 0.6 is 11.8 Å². The van der Waals surface area contributed by atoms with Crippen LogP contribution in [0.15, 0.2) is 24.3 Å². The van der Waals surface area contributed by atoms with Crippen molar-refractivity contribution in [1.29, 1.82) is 0 Å². The summed E-state index contributed by atoms with van der Waals surface area (Å²) in [5, 5.41) is 20.8. The van der Waals surface area contributed by atoms with Gasteiger partial charge in [0.05, 0.1) is 0 Å². The topological polar surface area (TPSA) is 104 Å². The van der Waals surface area contributed by atoms with Gasteiger partial charge < -0.3 is 15.5 Å². The van der Waals surface area contributed by atoms with Gasteiger partial charge in [-0.1, -0.05) is 30.8 Å². The van der Waals surface area contributed by atoms with Gasteiger partial charge in [0.1, 0.15) is 11.8 Å². The fourth-order valence-corrected chi connectivity index (χ4v) is 2.34. The molecule has 0 spiro atoms. The van der Waals surface area contributed by atoms with Gasteiger partial charge in [-0.2, -0.15) is 0 Å². The van der Waals surface area contributed by atoms with Crippen LogP contribution in [0.25, 0.3) is 0 Å². The number of phenolic OH excluding ortho intramolecular Hbond substituents is 1. The monoisotopic (exact) mass is 325 g/mol. The van der Waals surface area contributed by atoms with Gasteiger partial charge >= 0.3 is 5.97 Å². The number of hydrogen-bond donors (Lipinski definition) is 3. The lowest BCUT2D eigenvalue weighted by Crippen LogP contribution is -2.44. The van der Waals surface area contributed by atoms with Crippen molar-refractivity contribution in [3.05, 3.63) is 29.8 Å². The summed E-state index contributed by atoms with van der Waals surface area (Å²) in [6.45, 7) is 3.06. The lowest BCUT2D eigenvalue weighted by atomic mass is 10.0. The summed E-state index contributed by atoms with van der Waals surface area (Å²) in [5.74, 6) is -1.59. The number of hydrogen-bond acceptors (Lipinski definition) is 5. The predicted molar refractivity (Wildman–Crippen MR) is 83.7 cm³/mol. The second-order valence-electron chi connectivity index (χ2n) is 4.97. The number of aliphatic carboxylic acids is 1. The van der Waals surface area contributed by atoms with Crippen molar-refractivity contribution in [2.45, 2.75) is 26.3 Å². The number of amides is 1. The number of rotatable bonds is 7. The van der Waals surface area contributed by atoms with Gasteiger partial charge in [0, 0.05) is 25.0 Å². The van der Waals surface area contributed by atoms with Gasteiger partial charge in [0.15, 0.2) is 5.12 Å².